The summed E-state index contributed by atoms with van der Waals surface area (Å²) in [5.41, 5.74) is 7.24. The zero-order chi connectivity index (χ0) is 38.9. The number of ether oxygens (including phenoxy) is 6. The summed E-state index contributed by atoms with van der Waals surface area (Å²) >= 11 is 9.99. The summed E-state index contributed by atoms with van der Waals surface area (Å²) in [6.07, 6.45) is 0. The number of carbonyl (C=O) groups excluding carboxylic acids is 3. The minimum absolute atomic E-state index is 0. The summed E-state index contributed by atoms with van der Waals surface area (Å²) in [6.45, 7) is 3.77. The van der Waals surface area contributed by atoms with Gasteiger partial charge >= 0.3 is 11.9 Å². The molecule has 14 nitrogen and oxygen atoms in total. The number of carbonyl (C=O) groups is 3. The number of halogens is 3. The van der Waals surface area contributed by atoms with Crippen LogP contribution in [0.1, 0.15) is 35.5 Å². The Labute approximate surface area is 346 Å². The van der Waals surface area contributed by atoms with Crippen LogP contribution in [0, 0.1) is 0 Å². The van der Waals surface area contributed by atoms with E-state index in [9.17, 15) is 19.5 Å². The maximum atomic E-state index is 12.4. The maximum Gasteiger partial charge on any atom is 0.379 e. The number of nitrogens with two attached hydrogens (primary N) is 1. The van der Waals surface area contributed by atoms with Crippen molar-refractivity contribution in [2.75, 3.05) is 39.5 Å². The highest BCUT2D eigenvalue weighted by Crippen LogP contribution is 2.45. The number of Topliss-reactive ketones (excluding diaryl/α,β-unsaturated/α-hetero) is 1. The van der Waals surface area contributed by atoms with Crippen LogP contribution in [0.3, 0.4) is 0 Å². The third-order valence-electron chi connectivity index (χ3n) is 7.67. The van der Waals surface area contributed by atoms with Gasteiger partial charge in [-0.1, -0.05) is 0 Å². The lowest BCUT2D eigenvalue weighted by atomic mass is 10.0. The Hall–Kier alpha value is -4.59. The fourth-order valence-electron chi connectivity index (χ4n) is 5.15. The number of rotatable bonds is 9. The molecule has 0 spiro atoms. The van der Waals surface area contributed by atoms with Crippen LogP contribution in [0.2, 0.25) is 0 Å². The van der Waals surface area contributed by atoms with Crippen LogP contribution >= 0.6 is 66.9 Å². The lowest BCUT2D eigenvalue weighted by molar-refractivity contribution is -0.152. The lowest BCUT2D eigenvalue weighted by Gasteiger charge is -2.21. The molecule has 0 bridgehead atoms. The number of thiophene rings is 2. The van der Waals surface area contributed by atoms with Crippen molar-refractivity contribution in [1.82, 2.24) is 9.78 Å². The fraction of sp³-hybridized carbons (Fsp3) is 0.222. The molecule has 7 rings (SSSR count). The van der Waals surface area contributed by atoms with Gasteiger partial charge in [0.1, 0.15) is 42.0 Å². The van der Waals surface area contributed by atoms with Gasteiger partial charge in [0.05, 0.1) is 70.1 Å². The van der Waals surface area contributed by atoms with Gasteiger partial charge < -0.3 is 39.0 Å². The number of ketones is 1. The molecular formula is C36H35Br2ClN4O10S2. The number of hydrogen-bond donors (Lipinski definition) is 3. The topological polar surface area (TPSA) is 183 Å². The van der Waals surface area contributed by atoms with Crippen LogP contribution in [0.15, 0.2) is 72.4 Å². The van der Waals surface area contributed by atoms with E-state index in [0.717, 1.165) is 32.7 Å². The van der Waals surface area contributed by atoms with Crippen molar-refractivity contribution in [1.29, 1.82) is 0 Å². The molecular weight excluding hydrogens is 908 g/mol. The molecule has 4 N–H and O–H groups in total. The average molecular weight is 943 g/mol. The third-order valence-corrected chi connectivity index (χ3v) is 10.3. The molecule has 3 aromatic heterocycles. The monoisotopic (exact) mass is 940 g/mol. The summed E-state index contributed by atoms with van der Waals surface area (Å²) in [7, 11) is 3.11. The first kappa shape index (κ1) is 43.1. The number of aromatic nitrogens is 2. The Bertz CT molecular complexity index is 2180. The van der Waals surface area contributed by atoms with Crippen molar-refractivity contribution in [3.63, 3.8) is 0 Å². The summed E-state index contributed by atoms with van der Waals surface area (Å²) in [6, 6.07) is 10.8. The van der Waals surface area contributed by atoms with E-state index in [0.29, 0.717) is 39.6 Å². The highest BCUT2D eigenvalue weighted by atomic mass is 79.9. The first-order valence-electron chi connectivity index (χ1n) is 16.0. The molecule has 0 fully saturated rings. The van der Waals surface area contributed by atoms with Crippen molar-refractivity contribution >= 4 is 96.1 Å². The van der Waals surface area contributed by atoms with Crippen molar-refractivity contribution in [3.8, 4) is 39.9 Å². The van der Waals surface area contributed by atoms with Gasteiger partial charge in [0.2, 0.25) is 0 Å². The number of aliphatic hydroxyl groups is 1. The molecule has 0 atom stereocenters. The molecule has 5 heterocycles. The molecule has 5 aromatic rings. The maximum absolute atomic E-state index is 12.4. The lowest BCUT2D eigenvalue weighted by Crippen LogP contribution is -2.26. The number of fused-ring (bicyclic) bond motifs is 4. The van der Waals surface area contributed by atoms with Crippen molar-refractivity contribution in [2.24, 2.45) is 5.84 Å². The van der Waals surface area contributed by atoms with Crippen molar-refractivity contribution in [2.45, 2.75) is 20.5 Å². The molecule has 0 aliphatic carbocycles. The summed E-state index contributed by atoms with van der Waals surface area (Å²) in [5, 5.41) is 22.6. The van der Waals surface area contributed by atoms with Gasteiger partial charge in [0, 0.05) is 28.5 Å². The fourth-order valence-corrected chi connectivity index (χ4v) is 7.38. The van der Waals surface area contributed by atoms with Gasteiger partial charge in [-0.25, -0.2) is 14.3 Å². The second-order valence-electron chi connectivity index (χ2n) is 10.9. The Morgan fingerprint density at radius 2 is 1.51 bits per heavy atom. The smallest absolute Gasteiger partial charge is 0.379 e. The molecule has 292 valence electrons. The number of benzene rings is 2. The normalized spacial score (nSPS) is 11.9. The van der Waals surface area contributed by atoms with Crippen molar-refractivity contribution < 1.29 is 47.9 Å². The van der Waals surface area contributed by atoms with Crippen LogP contribution < -0.4 is 30.2 Å². The molecule has 0 saturated carbocycles. The van der Waals surface area contributed by atoms with E-state index in [2.05, 4.69) is 47.1 Å². The molecule has 2 aromatic carbocycles. The van der Waals surface area contributed by atoms with Crippen LogP contribution in [0.4, 0.5) is 5.69 Å². The van der Waals surface area contributed by atoms with E-state index in [1.54, 1.807) is 60.4 Å². The minimum Gasteiger partial charge on any atom is -0.507 e. The SMILES string of the molecule is CCOC(=O)C(=O)C1=C(O)c2cc(Br)c(OC)cc2OC1.CCOC(=O)c1nn(-c2ccsc2)c2c1COc1cc(OC)c(Br)cc1-2.Cl.NNc1ccsc1. The molecule has 0 unspecified atom stereocenters. The number of aliphatic hydroxyl groups excluding tert-OH is 1. The summed E-state index contributed by atoms with van der Waals surface area (Å²) in [4.78, 5) is 35.8. The Morgan fingerprint density at radius 3 is 2.05 bits per heavy atom. The zero-order valence-electron chi connectivity index (χ0n) is 29.7. The number of hydrazine groups is 1. The molecule has 19 heteroatoms. The van der Waals surface area contributed by atoms with E-state index in [-0.39, 0.29) is 49.3 Å². The first-order chi connectivity index (χ1) is 26.1. The van der Waals surface area contributed by atoms with E-state index < -0.39 is 17.7 Å². The summed E-state index contributed by atoms with van der Waals surface area (Å²) < 4.78 is 34.7. The van der Waals surface area contributed by atoms with Gasteiger partial charge in [-0.15, -0.1) is 12.4 Å². The number of nitrogens with one attached hydrogen (secondary N) is 1. The first-order valence-corrected chi connectivity index (χ1v) is 19.5. The van der Waals surface area contributed by atoms with Crippen LogP contribution in [0.5, 0.6) is 23.0 Å². The predicted molar refractivity (Wildman–Crippen MR) is 218 cm³/mol. The quantitative estimate of drug-likeness (QED) is 0.0558. The van der Waals surface area contributed by atoms with E-state index in [4.69, 9.17) is 29.5 Å². The number of nitrogen functional groups attached to an aromatic ring is 1. The molecule has 0 radical (unpaired) electrons. The largest absolute Gasteiger partial charge is 0.507 e. The predicted octanol–water partition coefficient (Wildman–Crippen LogP) is 8.15. The Kier molecular flexibility index (Phi) is 15.6. The van der Waals surface area contributed by atoms with Gasteiger partial charge in [-0.05, 0) is 80.7 Å². The van der Waals surface area contributed by atoms with Crippen LogP contribution in [0.25, 0.3) is 22.7 Å². The second kappa shape index (κ2) is 19.8. The van der Waals surface area contributed by atoms with Gasteiger partial charge in [-0.3, -0.25) is 10.6 Å². The van der Waals surface area contributed by atoms with E-state index in [1.807, 2.05) is 45.8 Å². The average Bonchev–Trinajstić information content (AvgIpc) is 3.97. The number of hydrogen-bond acceptors (Lipinski definition) is 15. The van der Waals surface area contributed by atoms with Gasteiger partial charge in [0.15, 0.2) is 5.69 Å². The van der Waals surface area contributed by atoms with Gasteiger partial charge in [-0.2, -0.15) is 27.8 Å². The Balaban J connectivity index is 0.000000208. The standard InChI is InChI=1S/C18H15BrN2O4S.C14H13BrO6.C4H6N2S.ClH/c1-3-24-18(22)16-12-8-25-14-7-15(23-2)13(19)6-11(14)17(12)21(20-16)10-4-5-26-9-10;1-3-20-14(18)13(17)8-6-21-10-5-11(19-2)9(15)4-7(10)12(8)16;5-6-4-1-2-7-3-4;/h4-7,9H,3,8H2,1-2H3;4-5,16H,3,6H2,1-2H3;1-3,6H,5H2;1H. The van der Waals surface area contributed by atoms with Gasteiger partial charge in [0.25, 0.3) is 5.78 Å². The summed E-state index contributed by atoms with van der Waals surface area (Å²) in [5.74, 6) is 4.65. The zero-order valence-corrected chi connectivity index (χ0v) is 35.3. The molecule has 2 aliphatic heterocycles. The Morgan fingerprint density at radius 1 is 0.909 bits per heavy atom. The number of esters is 2. The second-order valence-corrected chi connectivity index (χ2v) is 14.1. The van der Waals surface area contributed by atoms with Crippen LogP contribution in [-0.4, -0.2) is 66.6 Å². The highest BCUT2D eigenvalue weighted by molar-refractivity contribution is 9.11. The molecule has 2 aliphatic rings. The third kappa shape index (κ3) is 9.63. The highest BCUT2D eigenvalue weighted by Gasteiger charge is 2.32. The van der Waals surface area contributed by atoms with E-state index >= 15 is 0 Å². The number of nitrogens with zero attached hydrogens (tertiary/aromatic N) is 2. The molecule has 0 amide bonds. The van der Waals surface area contributed by atoms with Crippen molar-refractivity contribution in [3.05, 3.63) is 89.3 Å². The number of anilines is 1. The van der Waals surface area contributed by atoms with Crippen LogP contribution in [-0.2, 0) is 25.7 Å². The minimum atomic E-state index is -1.02. The van der Waals surface area contributed by atoms with E-state index in [1.165, 1.54) is 7.11 Å². The number of methoxy groups -OCH3 is 2. The molecule has 55 heavy (non-hydrogen) atoms. The molecule has 0 saturated heterocycles.